The monoisotopic (exact) mass is 220 g/mol. The molecule has 0 aromatic carbocycles. The quantitative estimate of drug-likeness (QED) is 0.672. The van der Waals surface area contributed by atoms with Crippen LogP contribution in [0.1, 0.15) is 46.5 Å². The lowest BCUT2D eigenvalue weighted by atomic mass is 9.46. The van der Waals surface area contributed by atoms with Crippen LogP contribution in [0.5, 0.6) is 0 Å². The van der Waals surface area contributed by atoms with E-state index in [1.807, 2.05) is 6.92 Å². The molecular weight excluding hydrogens is 196 g/mol. The van der Waals surface area contributed by atoms with Gasteiger partial charge in [0.25, 0.3) is 0 Å². The Hall–Kier alpha value is -0.300. The summed E-state index contributed by atoms with van der Waals surface area (Å²) in [6, 6.07) is 0. The number of fused-ring (bicyclic) bond motifs is 4. The van der Waals surface area contributed by atoms with Gasteiger partial charge in [-0.1, -0.05) is 26.8 Å². The highest BCUT2D eigenvalue weighted by Gasteiger charge is 2.71. The zero-order valence-electron chi connectivity index (χ0n) is 10.8. The first kappa shape index (κ1) is 10.8. The van der Waals surface area contributed by atoms with Gasteiger partial charge in [-0.05, 0) is 54.9 Å². The van der Waals surface area contributed by atoms with Crippen molar-refractivity contribution in [1.82, 2.24) is 0 Å². The number of aliphatic hydroxyl groups is 1. The fourth-order valence-electron chi connectivity index (χ4n) is 5.40. The molecule has 3 aliphatic carbocycles. The number of rotatable bonds is 1. The van der Waals surface area contributed by atoms with Crippen LogP contribution in [0.2, 0.25) is 0 Å². The van der Waals surface area contributed by atoms with Crippen molar-refractivity contribution in [2.75, 3.05) is 0 Å². The molecule has 0 heterocycles. The van der Waals surface area contributed by atoms with Gasteiger partial charge < -0.3 is 5.11 Å². The van der Waals surface area contributed by atoms with Crippen molar-refractivity contribution in [3.8, 4) is 0 Å². The first-order chi connectivity index (χ1) is 7.41. The molecule has 0 radical (unpaired) electrons. The van der Waals surface area contributed by atoms with Crippen LogP contribution in [0.15, 0.2) is 12.2 Å². The second-order valence-electron chi connectivity index (χ2n) is 6.93. The lowest BCUT2D eigenvalue weighted by molar-refractivity contribution is -0.149. The van der Waals surface area contributed by atoms with Gasteiger partial charge in [-0.2, -0.15) is 0 Å². The summed E-state index contributed by atoms with van der Waals surface area (Å²) in [6.07, 6.45) is 4.91. The van der Waals surface area contributed by atoms with Crippen molar-refractivity contribution in [1.29, 1.82) is 0 Å². The van der Waals surface area contributed by atoms with Crippen LogP contribution < -0.4 is 0 Å². The van der Waals surface area contributed by atoms with E-state index in [9.17, 15) is 5.11 Å². The largest absolute Gasteiger partial charge is 0.385 e. The molecule has 90 valence electrons. The Balaban J connectivity index is 1.98. The molecule has 3 rings (SSSR count). The third-order valence-electron chi connectivity index (χ3n) is 6.30. The van der Waals surface area contributed by atoms with Crippen LogP contribution >= 0.6 is 0 Å². The second kappa shape index (κ2) is 2.93. The van der Waals surface area contributed by atoms with E-state index in [0.717, 1.165) is 29.7 Å². The minimum Gasteiger partial charge on any atom is -0.385 e. The van der Waals surface area contributed by atoms with Gasteiger partial charge in [-0.25, -0.2) is 0 Å². The molecule has 3 aliphatic rings. The molecule has 0 aromatic heterocycles. The molecule has 6 atom stereocenters. The van der Waals surface area contributed by atoms with Crippen LogP contribution in [-0.4, -0.2) is 10.7 Å². The summed E-state index contributed by atoms with van der Waals surface area (Å²) in [5, 5.41) is 10.9. The third kappa shape index (κ3) is 0.971. The molecular formula is C15H24O. The molecule has 0 amide bonds. The average molecular weight is 220 g/mol. The molecule has 0 spiro atoms. The summed E-state index contributed by atoms with van der Waals surface area (Å²) in [7, 11) is 0. The average Bonchev–Trinajstić information content (AvgIpc) is 2.62. The Labute approximate surface area is 98.9 Å². The Kier molecular flexibility index (Phi) is 1.98. The fraction of sp³-hybridized carbons (Fsp3) is 0.867. The van der Waals surface area contributed by atoms with E-state index in [0.29, 0.717) is 11.3 Å². The third-order valence-corrected chi connectivity index (χ3v) is 6.30. The van der Waals surface area contributed by atoms with E-state index < -0.39 is 5.60 Å². The highest BCUT2D eigenvalue weighted by molar-refractivity contribution is 5.27. The molecule has 0 aromatic rings. The maximum absolute atomic E-state index is 10.9. The van der Waals surface area contributed by atoms with Crippen LogP contribution in [0.3, 0.4) is 0 Å². The molecule has 0 bridgehead atoms. The van der Waals surface area contributed by atoms with E-state index >= 15 is 0 Å². The zero-order chi connectivity index (χ0) is 11.7. The maximum Gasteiger partial charge on any atom is 0.0887 e. The molecule has 1 nitrogen and oxygen atoms in total. The highest BCUT2D eigenvalue weighted by atomic mass is 16.3. The summed E-state index contributed by atoms with van der Waals surface area (Å²) in [4.78, 5) is 0. The van der Waals surface area contributed by atoms with Crippen LogP contribution in [0.4, 0.5) is 0 Å². The smallest absolute Gasteiger partial charge is 0.0887 e. The first-order valence-electron chi connectivity index (χ1n) is 6.79. The highest BCUT2D eigenvalue weighted by Crippen LogP contribution is 2.74. The Bertz CT molecular complexity index is 347. The van der Waals surface area contributed by atoms with E-state index in [2.05, 4.69) is 20.4 Å². The molecule has 0 saturated heterocycles. The molecule has 16 heavy (non-hydrogen) atoms. The normalized spacial score (nSPS) is 59.0. The molecule has 0 unspecified atom stereocenters. The van der Waals surface area contributed by atoms with Gasteiger partial charge in [-0.15, -0.1) is 0 Å². The molecule has 1 N–H and O–H groups in total. The van der Waals surface area contributed by atoms with Crippen molar-refractivity contribution >= 4 is 0 Å². The van der Waals surface area contributed by atoms with E-state index in [4.69, 9.17) is 0 Å². The van der Waals surface area contributed by atoms with Crippen LogP contribution in [-0.2, 0) is 0 Å². The summed E-state index contributed by atoms with van der Waals surface area (Å²) in [6.45, 7) is 10.9. The van der Waals surface area contributed by atoms with Gasteiger partial charge in [0.1, 0.15) is 0 Å². The predicted molar refractivity (Wildman–Crippen MR) is 66.0 cm³/mol. The van der Waals surface area contributed by atoms with Crippen molar-refractivity contribution in [3.63, 3.8) is 0 Å². The molecule has 3 saturated carbocycles. The first-order valence-corrected chi connectivity index (χ1v) is 6.79. The number of hydrogen-bond acceptors (Lipinski definition) is 1. The predicted octanol–water partition coefficient (Wildman–Crippen LogP) is 3.39. The summed E-state index contributed by atoms with van der Waals surface area (Å²) < 4.78 is 0. The molecule has 0 aliphatic heterocycles. The molecule has 1 heteroatoms. The summed E-state index contributed by atoms with van der Waals surface area (Å²) >= 11 is 0. The van der Waals surface area contributed by atoms with Gasteiger partial charge in [-0.3, -0.25) is 0 Å². The van der Waals surface area contributed by atoms with Gasteiger partial charge in [0.2, 0.25) is 0 Å². The van der Waals surface area contributed by atoms with Crippen molar-refractivity contribution < 1.29 is 5.11 Å². The number of hydrogen-bond donors (Lipinski definition) is 1. The topological polar surface area (TPSA) is 20.2 Å². The SMILES string of the molecule is C=C(C)[C@@]1(O)CC[C@]2(C)[C@H]3CC[C@@H](C)[C@H]3[C@@H]21. The van der Waals surface area contributed by atoms with Gasteiger partial charge in [0.15, 0.2) is 0 Å². The standard InChI is InChI=1S/C15H24O/c1-9(2)15(16)8-7-14(4)11-6-5-10(3)12(11)13(14)15/h10-13,16H,1,5-8H2,2-4H3/t10-,11+,12-,13+,14-,15+/m1/s1. The van der Waals surface area contributed by atoms with E-state index in [1.165, 1.54) is 19.3 Å². The van der Waals surface area contributed by atoms with E-state index in [-0.39, 0.29) is 0 Å². The Morgan fingerprint density at radius 1 is 1.31 bits per heavy atom. The maximum atomic E-state index is 10.9. The lowest BCUT2D eigenvalue weighted by Gasteiger charge is -2.59. The Morgan fingerprint density at radius 3 is 2.62 bits per heavy atom. The van der Waals surface area contributed by atoms with Crippen LogP contribution in [0.25, 0.3) is 0 Å². The zero-order valence-corrected chi connectivity index (χ0v) is 10.8. The minimum atomic E-state index is -0.547. The summed E-state index contributed by atoms with van der Waals surface area (Å²) in [5.74, 6) is 2.97. The van der Waals surface area contributed by atoms with E-state index in [1.54, 1.807) is 0 Å². The van der Waals surface area contributed by atoms with Crippen molar-refractivity contribution in [2.24, 2.45) is 29.1 Å². The lowest BCUT2D eigenvalue weighted by Crippen LogP contribution is -2.58. The minimum absolute atomic E-state index is 0.420. The Morgan fingerprint density at radius 2 is 2.00 bits per heavy atom. The summed E-state index contributed by atoms with van der Waals surface area (Å²) in [5.41, 5.74) is 0.872. The van der Waals surface area contributed by atoms with Gasteiger partial charge in [0, 0.05) is 5.92 Å². The van der Waals surface area contributed by atoms with Gasteiger partial charge in [0.05, 0.1) is 5.60 Å². The van der Waals surface area contributed by atoms with Gasteiger partial charge >= 0.3 is 0 Å². The fourth-order valence-corrected chi connectivity index (χ4v) is 5.40. The second-order valence-corrected chi connectivity index (χ2v) is 6.93. The van der Waals surface area contributed by atoms with Crippen molar-refractivity contribution in [2.45, 2.75) is 52.1 Å². The molecule has 3 fully saturated rings. The van der Waals surface area contributed by atoms with Crippen LogP contribution in [0, 0.1) is 29.1 Å². The van der Waals surface area contributed by atoms with Crippen molar-refractivity contribution in [3.05, 3.63) is 12.2 Å².